The second kappa shape index (κ2) is 7.61. The molecule has 2 N–H and O–H groups in total. The van der Waals surface area contributed by atoms with Crippen molar-refractivity contribution in [2.24, 2.45) is 17.8 Å². The highest BCUT2D eigenvalue weighted by Gasteiger charge is 2.69. The molecule has 0 aliphatic carbocycles. The maximum absolute atomic E-state index is 13.6. The fourth-order valence-electron chi connectivity index (χ4n) is 5.26. The number of benzene rings is 2. The van der Waals surface area contributed by atoms with E-state index in [0.29, 0.717) is 0 Å². The molecule has 4 atom stereocenters. The van der Waals surface area contributed by atoms with Crippen LogP contribution in [0.25, 0.3) is 0 Å². The lowest BCUT2D eigenvalue weighted by Crippen LogP contribution is -2.59. The molecule has 2 saturated heterocycles. The summed E-state index contributed by atoms with van der Waals surface area (Å²) in [6, 6.07) is 14.7. The zero-order chi connectivity index (χ0) is 22.5. The molecule has 4 rings (SSSR count). The number of hydrogen-bond acceptors (Lipinski definition) is 4. The van der Waals surface area contributed by atoms with Crippen molar-refractivity contribution >= 4 is 17.8 Å². The lowest BCUT2D eigenvalue weighted by Gasteiger charge is -2.34. The monoisotopic (exact) mass is 420 g/mol. The molecule has 0 radical (unpaired) electrons. The molecule has 0 saturated carbocycles. The number of aryl methyl sites for hydroxylation is 2. The van der Waals surface area contributed by atoms with Crippen molar-refractivity contribution in [3.05, 3.63) is 70.8 Å². The molecule has 2 amide bonds. The normalized spacial score (nSPS) is 27.8. The molecule has 162 valence electrons. The highest BCUT2D eigenvalue weighted by molar-refractivity contribution is 6.09. The minimum absolute atomic E-state index is 0.152. The summed E-state index contributed by atoms with van der Waals surface area (Å²) in [6.45, 7) is 7.65. The highest BCUT2D eigenvalue weighted by Crippen LogP contribution is 2.52. The summed E-state index contributed by atoms with van der Waals surface area (Å²) in [5, 5.41) is 13.6. The number of aliphatic carboxylic acids is 1. The number of carbonyl (C=O) groups excluding carboxylic acids is 2. The van der Waals surface area contributed by atoms with Gasteiger partial charge in [-0.25, -0.2) is 0 Å². The molecule has 2 fully saturated rings. The van der Waals surface area contributed by atoms with Crippen LogP contribution < -0.4 is 5.32 Å². The van der Waals surface area contributed by atoms with Crippen molar-refractivity contribution in [1.82, 2.24) is 10.2 Å². The summed E-state index contributed by atoms with van der Waals surface area (Å²) in [6.07, 6.45) is 0. The van der Waals surface area contributed by atoms with Gasteiger partial charge >= 0.3 is 5.97 Å². The van der Waals surface area contributed by atoms with E-state index in [9.17, 15) is 19.5 Å². The van der Waals surface area contributed by atoms with Crippen LogP contribution >= 0.6 is 0 Å². The Bertz CT molecular complexity index is 1050. The van der Waals surface area contributed by atoms with Crippen molar-refractivity contribution < 1.29 is 19.5 Å². The summed E-state index contributed by atoms with van der Waals surface area (Å²) in [4.78, 5) is 41.0. The second-order valence-corrected chi connectivity index (χ2v) is 9.06. The van der Waals surface area contributed by atoms with Crippen LogP contribution in [-0.2, 0) is 20.9 Å². The number of carboxylic acids is 1. The molecular weight excluding hydrogens is 392 g/mol. The van der Waals surface area contributed by atoms with E-state index in [2.05, 4.69) is 5.32 Å². The van der Waals surface area contributed by atoms with Crippen LogP contribution in [0.1, 0.15) is 42.1 Å². The summed E-state index contributed by atoms with van der Waals surface area (Å²) in [7, 11) is 0. The third kappa shape index (κ3) is 3.17. The number of carbonyl (C=O) groups is 3. The number of hydrogen-bond donors (Lipinski definition) is 2. The van der Waals surface area contributed by atoms with E-state index in [4.69, 9.17) is 0 Å². The summed E-state index contributed by atoms with van der Waals surface area (Å²) < 4.78 is 0. The SMILES string of the molecule is Cc1ccc(C)c(C2NC(C(=O)O)(C(C)C)C3C(=O)N(Cc4ccccc4)C(=O)C23)c1. The van der Waals surface area contributed by atoms with Crippen LogP contribution in [0.3, 0.4) is 0 Å². The molecule has 6 nitrogen and oxygen atoms in total. The lowest BCUT2D eigenvalue weighted by molar-refractivity contribution is -0.154. The van der Waals surface area contributed by atoms with Gasteiger partial charge < -0.3 is 5.11 Å². The van der Waals surface area contributed by atoms with Crippen LogP contribution in [0, 0.1) is 31.6 Å². The first-order chi connectivity index (χ1) is 14.7. The summed E-state index contributed by atoms with van der Waals surface area (Å²) in [5.41, 5.74) is 2.19. The quantitative estimate of drug-likeness (QED) is 0.726. The van der Waals surface area contributed by atoms with Gasteiger partial charge in [0.25, 0.3) is 0 Å². The molecule has 2 heterocycles. The topological polar surface area (TPSA) is 86.7 Å². The number of nitrogens with zero attached hydrogens (tertiary/aromatic N) is 1. The minimum atomic E-state index is -1.51. The number of rotatable bonds is 5. The van der Waals surface area contributed by atoms with E-state index in [1.165, 1.54) is 4.90 Å². The van der Waals surface area contributed by atoms with Crippen LogP contribution in [0.5, 0.6) is 0 Å². The van der Waals surface area contributed by atoms with Crippen molar-refractivity contribution in [2.75, 3.05) is 0 Å². The average molecular weight is 421 g/mol. The predicted molar refractivity (Wildman–Crippen MR) is 116 cm³/mol. The smallest absolute Gasteiger partial charge is 0.325 e. The van der Waals surface area contributed by atoms with Gasteiger partial charge in [0.15, 0.2) is 0 Å². The van der Waals surface area contributed by atoms with E-state index in [-0.39, 0.29) is 18.4 Å². The predicted octanol–water partition coefficient (Wildman–Crippen LogP) is 3.23. The minimum Gasteiger partial charge on any atom is -0.480 e. The Morgan fingerprint density at radius 1 is 1.10 bits per heavy atom. The van der Waals surface area contributed by atoms with E-state index in [0.717, 1.165) is 22.3 Å². The fourth-order valence-corrected chi connectivity index (χ4v) is 5.26. The van der Waals surface area contributed by atoms with Gasteiger partial charge in [0, 0.05) is 6.04 Å². The maximum atomic E-state index is 13.6. The molecule has 2 aliphatic heterocycles. The van der Waals surface area contributed by atoms with E-state index < -0.39 is 35.3 Å². The van der Waals surface area contributed by atoms with Gasteiger partial charge in [0.2, 0.25) is 11.8 Å². The van der Waals surface area contributed by atoms with Gasteiger partial charge in [-0.1, -0.05) is 67.9 Å². The van der Waals surface area contributed by atoms with Gasteiger partial charge in [-0.05, 0) is 36.5 Å². The van der Waals surface area contributed by atoms with Crippen LogP contribution in [0.4, 0.5) is 0 Å². The first kappa shape index (κ1) is 21.2. The number of fused-ring (bicyclic) bond motifs is 1. The Labute approximate surface area is 182 Å². The standard InChI is InChI=1S/C25H28N2O4/c1-14(2)25(24(30)31)20-19(21(26-25)18-12-15(3)10-11-16(18)4)22(28)27(23(20)29)13-17-8-6-5-7-9-17/h5-12,14,19-21,26H,13H2,1-4H3,(H,30,31). The zero-order valence-corrected chi connectivity index (χ0v) is 18.3. The molecular formula is C25H28N2O4. The van der Waals surface area contributed by atoms with Crippen LogP contribution in [0.2, 0.25) is 0 Å². The van der Waals surface area contributed by atoms with E-state index in [1.807, 2.05) is 62.4 Å². The third-order valence-electron chi connectivity index (χ3n) is 6.90. The van der Waals surface area contributed by atoms with Crippen molar-refractivity contribution in [3.63, 3.8) is 0 Å². The maximum Gasteiger partial charge on any atom is 0.325 e. The second-order valence-electron chi connectivity index (χ2n) is 9.06. The molecule has 4 unspecified atom stereocenters. The lowest BCUT2D eigenvalue weighted by atomic mass is 9.73. The number of nitrogens with one attached hydrogen (secondary N) is 1. The van der Waals surface area contributed by atoms with Crippen LogP contribution in [0.15, 0.2) is 48.5 Å². The average Bonchev–Trinajstić information content (AvgIpc) is 3.21. The van der Waals surface area contributed by atoms with Gasteiger partial charge in [-0.15, -0.1) is 0 Å². The van der Waals surface area contributed by atoms with Gasteiger partial charge in [-0.3, -0.25) is 24.6 Å². The Balaban J connectivity index is 1.84. The third-order valence-corrected chi connectivity index (χ3v) is 6.90. The first-order valence-electron chi connectivity index (χ1n) is 10.7. The molecule has 0 aromatic heterocycles. The van der Waals surface area contributed by atoms with E-state index >= 15 is 0 Å². The molecule has 2 aliphatic rings. The van der Waals surface area contributed by atoms with Gasteiger partial charge in [0.05, 0.1) is 18.4 Å². The number of amides is 2. The molecule has 31 heavy (non-hydrogen) atoms. The van der Waals surface area contributed by atoms with Crippen LogP contribution in [-0.4, -0.2) is 33.3 Å². The summed E-state index contributed by atoms with van der Waals surface area (Å²) >= 11 is 0. The number of carboxylic acid groups (broad SMARTS) is 1. The van der Waals surface area contributed by atoms with Crippen molar-refractivity contribution in [2.45, 2.75) is 45.8 Å². The number of imide groups is 1. The number of likely N-dealkylation sites (tertiary alicyclic amines) is 1. The zero-order valence-electron chi connectivity index (χ0n) is 18.3. The molecule has 2 aromatic carbocycles. The Morgan fingerprint density at radius 2 is 1.77 bits per heavy atom. The molecule has 2 aromatic rings. The Hall–Kier alpha value is -2.99. The molecule has 6 heteroatoms. The summed E-state index contributed by atoms with van der Waals surface area (Å²) in [5.74, 6) is -3.90. The van der Waals surface area contributed by atoms with Crippen molar-refractivity contribution in [3.8, 4) is 0 Å². The molecule has 0 spiro atoms. The largest absolute Gasteiger partial charge is 0.480 e. The van der Waals surface area contributed by atoms with Gasteiger partial charge in [0.1, 0.15) is 5.54 Å². The Kier molecular flexibility index (Phi) is 5.21. The fraction of sp³-hybridized carbons (Fsp3) is 0.400. The van der Waals surface area contributed by atoms with Crippen molar-refractivity contribution in [1.29, 1.82) is 0 Å². The Morgan fingerprint density at radius 3 is 2.39 bits per heavy atom. The molecule has 0 bridgehead atoms. The first-order valence-corrected chi connectivity index (χ1v) is 10.7. The van der Waals surface area contributed by atoms with Gasteiger partial charge in [-0.2, -0.15) is 0 Å². The van der Waals surface area contributed by atoms with E-state index in [1.54, 1.807) is 13.8 Å². The highest BCUT2D eigenvalue weighted by atomic mass is 16.4.